The van der Waals surface area contributed by atoms with Crippen molar-refractivity contribution in [2.75, 3.05) is 11.9 Å². The van der Waals surface area contributed by atoms with Gasteiger partial charge in [-0.1, -0.05) is 6.42 Å². The van der Waals surface area contributed by atoms with E-state index in [1.165, 1.54) is 0 Å². The highest BCUT2D eigenvalue weighted by atomic mass is 16.3. The Morgan fingerprint density at radius 2 is 2.33 bits per heavy atom. The lowest BCUT2D eigenvalue weighted by Crippen LogP contribution is -2.22. The second-order valence-corrected chi connectivity index (χ2v) is 4.18. The quantitative estimate of drug-likeness (QED) is 0.785. The van der Waals surface area contributed by atoms with Gasteiger partial charge < -0.3 is 10.4 Å². The molecule has 82 valence electrons. The van der Waals surface area contributed by atoms with Crippen molar-refractivity contribution in [3.8, 4) is 0 Å². The Morgan fingerprint density at radius 3 is 3.00 bits per heavy atom. The minimum Gasteiger partial charge on any atom is -0.393 e. The van der Waals surface area contributed by atoms with Crippen LogP contribution in [-0.4, -0.2) is 27.7 Å². The molecule has 0 aromatic carbocycles. The molecule has 0 radical (unpaired) electrons. The van der Waals surface area contributed by atoms with Crippen molar-refractivity contribution in [3.63, 3.8) is 0 Å². The van der Waals surface area contributed by atoms with Crippen LogP contribution in [0.15, 0.2) is 12.4 Å². The third-order valence-electron chi connectivity index (χ3n) is 2.97. The summed E-state index contributed by atoms with van der Waals surface area (Å²) in [6.07, 6.45) is 4.60. The van der Waals surface area contributed by atoms with E-state index in [9.17, 15) is 5.11 Å². The zero-order chi connectivity index (χ0) is 10.7. The molecular weight excluding hydrogens is 190 g/mol. The number of hydrogen-bond donors (Lipinski definition) is 2. The first kappa shape index (κ1) is 10.4. The molecule has 0 aliphatic heterocycles. The van der Waals surface area contributed by atoms with Gasteiger partial charge in [-0.15, -0.1) is 0 Å². The molecule has 2 unspecified atom stereocenters. The minimum atomic E-state index is -0.138. The maximum absolute atomic E-state index is 9.65. The number of aryl methyl sites for hydroxylation is 1. The van der Waals surface area contributed by atoms with Crippen LogP contribution in [0.1, 0.15) is 25.0 Å². The van der Waals surface area contributed by atoms with Gasteiger partial charge in [-0.25, -0.2) is 9.97 Å². The van der Waals surface area contributed by atoms with Crippen LogP contribution in [0, 0.1) is 12.8 Å². The van der Waals surface area contributed by atoms with Crippen LogP contribution in [0.5, 0.6) is 0 Å². The summed E-state index contributed by atoms with van der Waals surface area (Å²) in [4.78, 5) is 8.16. The van der Waals surface area contributed by atoms with E-state index in [0.29, 0.717) is 5.92 Å². The van der Waals surface area contributed by atoms with E-state index >= 15 is 0 Å². The van der Waals surface area contributed by atoms with Crippen molar-refractivity contribution >= 4 is 5.82 Å². The largest absolute Gasteiger partial charge is 0.393 e. The Morgan fingerprint density at radius 1 is 1.47 bits per heavy atom. The molecule has 15 heavy (non-hydrogen) atoms. The van der Waals surface area contributed by atoms with Crippen LogP contribution in [0.25, 0.3) is 0 Å². The lowest BCUT2D eigenvalue weighted by molar-refractivity contribution is 0.138. The van der Waals surface area contributed by atoms with E-state index < -0.39 is 0 Å². The first-order valence-electron chi connectivity index (χ1n) is 5.46. The zero-order valence-corrected chi connectivity index (χ0v) is 8.98. The van der Waals surface area contributed by atoms with Crippen LogP contribution >= 0.6 is 0 Å². The normalized spacial score (nSPS) is 25.5. The number of aliphatic hydroxyl groups is 1. The monoisotopic (exact) mass is 207 g/mol. The summed E-state index contributed by atoms with van der Waals surface area (Å²) in [5.41, 5.74) is 0.958. The van der Waals surface area contributed by atoms with E-state index in [2.05, 4.69) is 15.3 Å². The fourth-order valence-corrected chi connectivity index (χ4v) is 2.04. The molecule has 1 saturated carbocycles. The van der Waals surface area contributed by atoms with Gasteiger partial charge in [0.05, 0.1) is 6.10 Å². The summed E-state index contributed by atoms with van der Waals surface area (Å²) >= 11 is 0. The Balaban J connectivity index is 1.87. The fraction of sp³-hybridized carbons (Fsp3) is 0.636. The average molecular weight is 207 g/mol. The molecule has 2 rings (SSSR count). The molecule has 1 aromatic heterocycles. The van der Waals surface area contributed by atoms with Crippen molar-refractivity contribution in [1.29, 1.82) is 0 Å². The molecule has 2 atom stereocenters. The van der Waals surface area contributed by atoms with Gasteiger partial charge in [0.15, 0.2) is 0 Å². The zero-order valence-electron chi connectivity index (χ0n) is 8.98. The van der Waals surface area contributed by atoms with E-state index in [4.69, 9.17) is 0 Å². The second-order valence-electron chi connectivity index (χ2n) is 4.18. The molecule has 1 aliphatic rings. The molecule has 0 saturated heterocycles. The molecule has 4 nitrogen and oxygen atoms in total. The number of rotatable bonds is 3. The maximum Gasteiger partial charge on any atom is 0.129 e. The average Bonchev–Trinajstić information content (AvgIpc) is 2.61. The Labute approximate surface area is 89.8 Å². The molecular formula is C11H17N3O. The lowest BCUT2D eigenvalue weighted by atomic mass is 10.1. The number of aliphatic hydroxyl groups excluding tert-OH is 1. The third-order valence-corrected chi connectivity index (χ3v) is 2.97. The standard InChI is InChI=1S/C11H17N3O/c1-8-5-11(14-7-13-8)12-6-9-3-2-4-10(9)15/h5,7,9-10,15H,2-4,6H2,1H3,(H,12,13,14). The lowest BCUT2D eigenvalue weighted by Gasteiger charge is -2.15. The van der Waals surface area contributed by atoms with Gasteiger partial charge in [0, 0.05) is 24.2 Å². The number of anilines is 1. The van der Waals surface area contributed by atoms with Gasteiger partial charge in [0.2, 0.25) is 0 Å². The van der Waals surface area contributed by atoms with Gasteiger partial charge in [-0.2, -0.15) is 0 Å². The SMILES string of the molecule is Cc1cc(NCC2CCCC2O)ncn1. The summed E-state index contributed by atoms with van der Waals surface area (Å²) in [5.74, 6) is 1.22. The van der Waals surface area contributed by atoms with Crippen LogP contribution in [0.2, 0.25) is 0 Å². The van der Waals surface area contributed by atoms with Gasteiger partial charge >= 0.3 is 0 Å². The molecule has 2 N–H and O–H groups in total. The Hall–Kier alpha value is -1.16. The molecule has 0 amide bonds. The van der Waals surface area contributed by atoms with E-state index in [1.807, 2.05) is 13.0 Å². The summed E-state index contributed by atoms with van der Waals surface area (Å²) in [6, 6.07) is 1.92. The van der Waals surface area contributed by atoms with Crippen molar-refractivity contribution in [1.82, 2.24) is 9.97 Å². The molecule has 1 aromatic rings. The predicted octanol–water partition coefficient (Wildman–Crippen LogP) is 1.36. The minimum absolute atomic E-state index is 0.138. The van der Waals surface area contributed by atoms with Gasteiger partial charge in [0.25, 0.3) is 0 Å². The van der Waals surface area contributed by atoms with E-state index in [0.717, 1.165) is 37.3 Å². The summed E-state index contributed by atoms with van der Waals surface area (Å²) in [7, 11) is 0. The molecule has 1 heterocycles. The molecule has 0 bridgehead atoms. The third kappa shape index (κ3) is 2.65. The van der Waals surface area contributed by atoms with E-state index in [-0.39, 0.29) is 6.10 Å². The smallest absolute Gasteiger partial charge is 0.129 e. The molecule has 1 fully saturated rings. The van der Waals surface area contributed by atoms with Crippen molar-refractivity contribution in [3.05, 3.63) is 18.1 Å². The van der Waals surface area contributed by atoms with E-state index in [1.54, 1.807) is 6.33 Å². The number of nitrogens with zero attached hydrogens (tertiary/aromatic N) is 2. The fourth-order valence-electron chi connectivity index (χ4n) is 2.04. The summed E-state index contributed by atoms with van der Waals surface area (Å²) in [6.45, 7) is 2.74. The number of hydrogen-bond acceptors (Lipinski definition) is 4. The predicted molar refractivity (Wildman–Crippen MR) is 58.6 cm³/mol. The highest BCUT2D eigenvalue weighted by Crippen LogP contribution is 2.25. The van der Waals surface area contributed by atoms with Gasteiger partial charge in [0.1, 0.15) is 12.1 Å². The highest BCUT2D eigenvalue weighted by Gasteiger charge is 2.24. The van der Waals surface area contributed by atoms with Crippen molar-refractivity contribution in [2.45, 2.75) is 32.3 Å². The highest BCUT2D eigenvalue weighted by molar-refractivity contribution is 5.34. The van der Waals surface area contributed by atoms with Crippen LogP contribution < -0.4 is 5.32 Å². The summed E-state index contributed by atoms with van der Waals surface area (Å²) in [5, 5.41) is 12.9. The van der Waals surface area contributed by atoms with Crippen molar-refractivity contribution in [2.24, 2.45) is 5.92 Å². The summed E-state index contributed by atoms with van der Waals surface area (Å²) < 4.78 is 0. The topological polar surface area (TPSA) is 58.0 Å². The maximum atomic E-state index is 9.65. The second kappa shape index (κ2) is 4.57. The van der Waals surface area contributed by atoms with Gasteiger partial charge in [-0.05, 0) is 19.8 Å². The number of nitrogens with one attached hydrogen (secondary N) is 1. The first-order chi connectivity index (χ1) is 7.25. The molecule has 1 aliphatic carbocycles. The molecule has 4 heteroatoms. The van der Waals surface area contributed by atoms with Crippen molar-refractivity contribution < 1.29 is 5.11 Å². The first-order valence-corrected chi connectivity index (χ1v) is 5.46. The Kier molecular flexibility index (Phi) is 3.16. The number of aromatic nitrogens is 2. The van der Waals surface area contributed by atoms with Crippen LogP contribution in [0.4, 0.5) is 5.82 Å². The molecule has 0 spiro atoms. The Bertz CT molecular complexity index is 329. The van der Waals surface area contributed by atoms with Crippen LogP contribution in [-0.2, 0) is 0 Å². The van der Waals surface area contributed by atoms with Crippen LogP contribution in [0.3, 0.4) is 0 Å². The van der Waals surface area contributed by atoms with Gasteiger partial charge in [-0.3, -0.25) is 0 Å².